The highest BCUT2D eigenvalue weighted by molar-refractivity contribution is 6.08. The molecule has 0 unspecified atom stereocenters. The average Bonchev–Trinajstić information content (AvgIpc) is 2.71. The number of aliphatic hydroxyl groups is 1. The third kappa shape index (κ3) is 2.49. The number of fused-ring (bicyclic) bond motifs is 1. The summed E-state index contributed by atoms with van der Waals surface area (Å²) in [4.78, 5) is 12.3. The second kappa shape index (κ2) is 5.96. The van der Waals surface area contributed by atoms with E-state index in [0.29, 0.717) is 18.5 Å². The molecule has 0 aliphatic heterocycles. The molecule has 2 N–H and O–H groups in total. The van der Waals surface area contributed by atoms with Crippen LogP contribution in [-0.2, 0) is 7.05 Å². The Balaban J connectivity index is 2.43. The molecule has 0 saturated carbocycles. The van der Waals surface area contributed by atoms with Gasteiger partial charge in [0.2, 0.25) is 0 Å². The SMILES string of the molecule is COc1ccc2c(C(=O)NCCCO)c(C)n(C)c2c1. The molecule has 1 aromatic heterocycles. The van der Waals surface area contributed by atoms with Gasteiger partial charge in [-0.2, -0.15) is 0 Å². The molecule has 0 fully saturated rings. The number of hydrogen-bond acceptors (Lipinski definition) is 3. The molecule has 2 rings (SSSR count). The largest absolute Gasteiger partial charge is 0.497 e. The normalized spacial score (nSPS) is 10.8. The van der Waals surface area contributed by atoms with Crippen molar-refractivity contribution in [2.45, 2.75) is 13.3 Å². The van der Waals surface area contributed by atoms with E-state index < -0.39 is 0 Å². The van der Waals surface area contributed by atoms with Crippen molar-refractivity contribution >= 4 is 16.8 Å². The zero-order chi connectivity index (χ0) is 14.7. The van der Waals surface area contributed by atoms with E-state index in [9.17, 15) is 4.79 Å². The number of methoxy groups -OCH3 is 1. The van der Waals surface area contributed by atoms with Crippen LogP contribution in [0.5, 0.6) is 5.75 Å². The summed E-state index contributed by atoms with van der Waals surface area (Å²) in [7, 11) is 3.56. The lowest BCUT2D eigenvalue weighted by molar-refractivity contribution is 0.0952. The van der Waals surface area contributed by atoms with Gasteiger partial charge in [-0.3, -0.25) is 4.79 Å². The van der Waals surface area contributed by atoms with Gasteiger partial charge in [-0.05, 0) is 25.5 Å². The van der Waals surface area contributed by atoms with Gasteiger partial charge in [0.05, 0.1) is 18.2 Å². The molecule has 0 aliphatic rings. The molecule has 5 heteroatoms. The zero-order valence-electron chi connectivity index (χ0n) is 12.1. The zero-order valence-corrected chi connectivity index (χ0v) is 12.1. The number of aliphatic hydroxyl groups excluding tert-OH is 1. The van der Waals surface area contributed by atoms with E-state index in [1.165, 1.54) is 0 Å². The predicted molar refractivity (Wildman–Crippen MR) is 78.2 cm³/mol. The van der Waals surface area contributed by atoms with E-state index in [0.717, 1.165) is 22.3 Å². The van der Waals surface area contributed by atoms with Crippen LogP contribution in [0.3, 0.4) is 0 Å². The molecule has 0 atom stereocenters. The summed E-state index contributed by atoms with van der Waals surface area (Å²) in [6.45, 7) is 2.47. The quantitative estimate of drug-likeness (QED) is 0.815. The summed E-state index contributed by atoms with van der Waals surface area (Å²) in [5.41, 5.74) is 2.56. The number of rotatable bonds is 5. The number of benzene rings is 1. The highest BCUT2D eigenvalue weighted by atomic mass is 16.5. The second-order valence-electron chi connectivity index (χ2n) is 4.74. The van der Waals surface area contributed by atoms with Crippen molar-refractivity contribution in [3.05, 3.63) is 29.5 Å². The first-order chi connectivity index (χ1) is 9.60. The van der Waals surface area contributed by atoms with E-state index in [2.05, 4.69) is 5.32 Å². The molecule has 2 aromatic rings. The minimum atomic E-state index is -0.105. The van der Waals surface area contributed by atoms with Crippen LogP contribution >= 0.6 is 0 Å². The predicted octanol–water partition coefficient (Wildman–Crippen LogP) is 1.61. The number of aryl methyl sites for hydroxylation is 1. The van der Waals surface area contributed by atoms with Gasteiger partial charge in [-0.15, -0.1) is 0 Å². The number of nitrogens with zero attached hydrogens (tertiary/aromatic N) is 1. The van der Waals surface area contributed by atoms with E-state index in [-0.39, 0.29) is 12.5 Å². The monoisotopic (exact) mass is 276 g/mol. The summed E-state index contributed by atoms with van der Waals surface area (Å²) >= 11 is 0. The Morgan fingerprint density at radius 2 is 2.20 bits per heavy atom. The number of nitrogens with one attached hydrogen (secondary N) is 1. The number of carbonyl (C=O) groups is 1. The van der Waals surface area contributed by atoms with Crippen molar-refractivity contribution in [1.29, 1.82) is 0 Å². The number of carbonyl (C=O) groups excluding carboxylic acids is 1. The van der Waals surface area contributed by atoms with E-state index >= 15 is 0 Å². The lowest BCUT2D eigenvalue weighted by Crippen LogP contribution is -2.25. The summed E-state index contributed by atoms with van der Waals surface area (Å²) in [5.74, 6) is 0.664. The van der Waals surface area contributed by atoms with Crippen LogP contribution in [-0.4, -0.2) is 35.8 Å². The molecule has 0 radical (unpaired) electrons. The van der Waals surface area contributed by atoms with Gasteiger partial charge >= 0.3 is 0 Å². The number of amides is 1. The lowest BCUT2D eigenvalue weighted by Gasteiger charge is -2.04. The van der Waals surface area contributed by atoms with Crippen molar-refractivity contribution in [1.82, 2.24) is 9.88 Å². The van der Waals surface area contributed by atoms with Crippen molar-refractivity contribution in [2.75, 3.05) is 20.3 Å². The van der Waals surface area contributed by atoms with Gasteiger partial charge in [-0.25, -0.2) is 0 Å². The van der Waals surface area contributed by atoms with Crippen molar-refractivity contribution in [2.24, 2.45) is 7.05 Å². The van der Waals surface area contributed by atoms with Crippen LogP contribution in [0.4, 0.5) is 0 Å². The number of ether oxygens (including phenoxy) is 1. The van der Waals surface area contributed by atoms with Crippen LogP contribution in [0.15, 0.2) is 18.2 Å². The summed E-state index contributed by atoms with van der Waals surface area (Å²) in [6, 6.07) is 5.68. The molecule has 1 amide bonds. The third-order valence-corrected chi connectivity index (χ3v) is 3.55. The smallest absolute Gasteiger partial charge is 0.253 e. The number of hydrogen-bond donors (Lipinski definition) is 2. The highest BCUT2D eigenvalue weighted by Crippen LogP contribution is 2.28. The summed E-state index contributed by atoms with van der Waals surface area (Å²) in [5, 5.41) is 12.5. The van der Waals surface area contributed by atoms with Crippen LogP contribution in [0.2, 0.25) is 0 Å². The fraction of sp³-hybridized carbons (Fsp3) is 0.400. The molecule has 0 spiro atoms. The van der Waals surface area contributed by atoms with Gasteiger partial charge < -0.3 is 19.7 Å². The molecule has 0 bridgehead atoms. The fourth-order valence-corrected chi connectivity index (χ4v) is 2.33. The average molecular weight is 276 g/mol. The second-order valence-corrected chi connectivity index (χ2v) is 4.74. The van der Waals surface area contributed by atoms with E-state index in [1.54, 1.807) is 7.11 Å². The van der Waals surface area contributed by atoms with Crippen LogP contribution < -0.4 is 10.1 Å². The van der Waals surface area contributed by atoms with Gasteiger partial charge in [0.25, 0.3) is 5.91 Å². The third-order valence-electron chi connectivity index (χ3n) is 3.55. The minimum Gasteiger partial charge on any atom is -0.497 e. The Morgan fingerprint density at radius 3 is 2.85 bits per heavy atom. The van der Waals surface area contributed by atoms with E-state index in [1.807, 2.05) is 36.7 Å². The molecular weight excluding hydrogens is 256 g/mol. The molecule has 1 aromatic carbocycles. The van der Waals surface area contributed by atoms with Gasteiger partial charge in [0, 0.05) is 37.3 Å². The maximum absolute atomic E-state index is 12.3. The van der Waals surface area contributed by atoms with Crippen LogP contribution in [0.25, 0.3) is 10.9 Å². The maximum atomic E-state index is 12.3. The van der Waals surface area contributed by atoms with Crippen molar-refractivity contribution < 1.29 is 14.6 Å². The molecular formula is C15H20N2O3. The molecule has 20 heavy (non-hydrogen) atoms. The highest BCUT2D eigenvalue weighted by Gasteiger charge is 2.18. The van der Waals surface area contributed by atoms with Crippen molar-refractivity contribution in [3.8, 4) is 5.75 Å². The van der Waals surface area contributed by atoms with Gasteiger partial charge in [0.1, 0.15) is 5.75 Å². The number of aromatic nitrogens is 1. The summed E-state index contributed by atoms with van der Waals surface area (Å²) in [6.07, 6.45) is 0.559. The standard InChI is InChI=1S/C15H20N2O3/c1-10-14(15(19)16-7-4-8-18)12-6-5-11(20-3)9-13(12)17(10)2/h5-6,9,18H,4,7-8H2,1-3H3,(H,16,19). The lowest BCUT2D eigenvalue weighted by atomic mass is 10.1. The Labute approximate surface area is 118 Å². The van der Waals surface area contributed by atoms with Crippen molar-refractivity contribution in [3.63, 3.8) is 0 Å². The molecule has 0 saturated heterocycles. The molecule has 0 aliphatic carbocycles. The first-order valence-electron chi connectivity index (χ1n) is 6.62. The Morgan fingerprint density at radius 1 is 1.45 bits per heavy atom. The van der Waals surface area contributed by atoms with Crippen LogP contribution in [0.1, 0.15) is 22.5 Å². The topological polar surface area (TPSA) is 63.5 Å². The molecule has 108 valence electrons. The minimum absolute atomic E-state index is 0.0754. The van der Waals surface area contributed by atoms with E-state index in [4.69, 9.17) is 9.84 Å². The maximum Gasteiger partial charge on any atom is 0.253 e. The van der Waals surface area contributed by atoms with Crippen LogP contribution in [0, 0.1) is 6.92 Å². The first kappa shape index (κ1) is 14.4. The summed E-state index contributed by atoms with van der Waals surface area (Å²) < 4.78 is 7.21. The van der Waals surface area contributed by atoms with Gasteiger partial charge in [0.15, 0.2) is 0 Å². The Bertz CT molecular complexity index is 632. The Hall–Kier alpha value is -2.01. The fourth-order valence-electron chi connectivity index (χ4n) is 2.33. The first-order valence-corrected chi connectivity index (χ1v) is 6.62. The Kier molecular flexibility index (Phi) is 4.29. The molecule has 1 heterocycles. The van der Waals surface area contributed by atoms with Gasteiger partial charge in [-0.1, -0.05) is 0 Å². The molecule has 5 nitrogen and oxygen atoms in total.